The van der Waals surface area contributed by atoms with Gasteiger partial charge in [-0.25, -0.2) is 0 Å². The van der Waals surface area contributed by atoms with Gasteiger partial charge in [0.05, 0.1) is 19.8 Å². The van der Waals surface area contributed by atoms with Crippen molar-refractivity contribution in [3.8, 4) is 0 Å². The van der Waals surface area contributed by atoms with E-state index in [9.17, 15) is 0 Å². The Hall–Kier alpha value is -0.200. The molecule has 0 amide bonds. The lowest BCUT2D eigenvalue weighted by atomic mass is 10.0. The van der Waals surface area contributed by atoms with E-state index in [1.54, 1.807) is 0 Å². The Labute approximate surface area is 174 Å². The molecule has 0 aliphatic heterocycles. The Morgan fingerprint density at radius 2 is 0.857 bits per heavy atom. The molecule has 0 atom stereocenters. The molecule has 28 heavy (non-hydrogen) atoms. The summed E-state index contributed by atoms with van der Waals surface area (Å²) in [7, 11) is 0. The van der Waals surface area contributed by atoms with Crippen LogP contribution in [0, 0.1) is 0 Å². The molecule has 0 aromatic rings. The molecule has 0 saturated heterocycles. The Morgan fingerprint density at radius 1 is 0.500 bits per heavy atom. The van der Waals surface area contributed by atoms with Crippen LogP contribution in [0.4, 0.5) is 0 Å². The highest BCUT2D eigenvalue weighted by Gasteiger charge is 2.06. The first kappa shape index (κ1) is 27.8. The van der Waals surface area contributed by atoms with Crippen molar-refractivity contribution >= 4 is 0 Å². The average Bonchev–Trinajstić information content (AvgIpc) is 2.70. The van der Waals surface area contributed by atoms with Crippen LogP contribution in [0.2, 0.25) is 0 Å². The fraction of sp³-hybridized carbons (Fsp3) is 1.00. The minimum atomic E-state index is 0.128. The van der Waals surface area contributed by atoms with Crippen molar-refractivity contribution in [2.24, 2.45) is 0 Å². The standard InChI is InChI=1S/C23H49NO4/c1-2-3-4-5-6-7-8-9-10-11-12-13-14-15-16-19-24(27-22-17-20-25)28-23-18-21-26/h25-26H,2-23H2,1H3. The molecule has 0 unspecified atom stereocenters. The number of rotatable bonds is 24. The van der Waals surface area contributed by atoms with E-state index in [0.29, 0.717) is 26.1 Å². The highest BCUT2D eigenvalue weighted by atomic mass is 16.9. The fourth-order valence-electron chi connectivity index (χ4n) is 3.24. The minimum absolute atomic E-state index is 0.128. The predicted octanol–water partition coefficient (Wildman–Crippen LogP) is 5.79. The molecule has 0 aromatic carbocycles. The van der Waals surface area contributed by atoms with E-state index in [1.165, 1.54) is 95.1 Å². The Bertz CT molecular complexity index is 269. The smallest absolute Gasteiger partial charge is 0.0733 e. The summed E-state index contributed by atoms with van der Waals surface area (Å²) in [5, 5.41) is 19.2. The zero-order valence-corrected chi connectivity index (χ0v) is 18.7. The van der Waals surface area contributed by atoms with Crippen molar-refractivity contribution in [1.29, 1.82) is 0 Å². The summed E-state index contributed by atoms with van der Waals surface area (Å²) in [4.78, 5) is 11.0. The number of unbranched alkanes of at least 4 members (excludes halogenated alkanes) is 14. The summed E-state index contributed by atoms with van der Waals surface area (Å²) in [6.07, 6.45) is 21.5. The molecule has 0 aliphatic rings. The van der Waals surface area contributed by atoms with Crippen molar-refractivity contribution in [3.63, 3.8) is 0 Å². The van der Waals surface area contributed by atoms with Gasteiger partial charge in [-0.1, -0.05) is 102 Å². The first-order chi connectivity index (χ1) is 13.8. The molecule has 2 N–H and O–H groups in total. The first-order valence-electron chi connectivity index (χ1n) is 12.1. The normalized spacial score (nSPS) is 11.6. The average molecular weight is 404 g/mol. The van der Waals surface area contributed by atoms with Crippen molar-refractivity contribution in [1.82, 2.24) is 5.23 Å². The van der Waals surface area contributed by atoms with Gasteiger partial charge in [-0.05, 0) is 19.3 Å². The van der Waals surface area contributed by atoms with E-state index in [-0.39, 0.29) is 13.2 Å². The summed E-state index contributed by atoms with van der Waals surface area (Å²) in [6.45, 7) is 4.21. The van der Waals surface area contributed by atoms with E-state index in [2.05, 4.69) is 6.92 Å². The maximum Gasteiger partial charge on any atom is 0.0733 e. The van der Waals surface area contributed by atoms with E-state index in [4.69, 9.17) is 19.9 Å². The second kappa shape index (κ2) is 24.8. The molecule has 0 spiro atoms. The van der Waals surface area contributed by atoms with Gasteiger partial charge >= 0.3 is 0 Å². The molecule has 5 nitrogen and oxygen atoms in total. The van der Waals surface area contributed by atoms with Gasteiger partial charge in [0.1, 0.15) is 0 Å². The monoisotopic (exact) mass is 403 g/mol. The summed E-state index contributed by atoms with van der Waals surface area (Å²) in [5.74, 6) is 0. The molecule has 170 valence electrons. The van der Waals surface area contributed by atoms with E-state index in [1.807, 2.05) is 0 Å². The maximum atomic E-state index is 8.84. The molecule has 0 saturated carbocycles. The lowest BCUT2D eigenvalue weighted by molar-refractivity contribution is -0.369. The minimum Gasteiger partial charge on any atom is -0.396 e. The van der Waals surface area contributed by atoms with Crippen LogP contribution in [0.5, 0.6) is 0 Å². The van der Waals surface area contributed by atoms with Gasteiger partial charge in [-0.3, -0.25) is 9.68 Å². The number of aliphatic hydroxyl groups is 2. The van der Waals surface area contributed by atoms with Crippen LogP contribution in [0.1, 0.15) is 116 Å². The third-order valence-corrected chi connectivity index (χ3v) is 5.02. The highest BCUT2D eigenvalue weighted by Crippen LogP contribution is 2.13. The van der Waals surface area contributed by atoms with Crippen LogP contribution in [0.15, 0.2) is 0 Å². The Kier molecular flexibility index (Phi) is 24.7. The molecule has 0 aliphatic carbocycles. The topological polar surface area (TPSA) is 62.2 Å². The molecule has 0 rings (SSSR count). The van der Waals surface area contributed by atoms with Gasteiger partial charge in [0.25, 0.3) is 0 Å². The van der Waals surface area contributed by atoms with Crippen molar-refractivity contribution in [2.75, 3.05) is 33.0 Å². The molecular weight excluding hydrogens is 354 g/mol. The molecule has 0 bridgehead atoms. The predicted molar refractivity (Wildman–Crippen MR) is 117 cm³/mol. The molecule has 0 heterocycles. The van der Waals surface area contributed by atoms with Crippen molar-refractivity contribution in [2.45, 2.75) is 116 Å². The van der Waals surface area contributed by atoms with E-state index in [0.717, 1.165) is 13.0 Å². The lowest BCUT2D eigenvalue weighted by Crippen LogP contribution is -2.27. The van der Waals surface area contributed by atoms with Crippen molar-refractivity contribution < 1.29 is 19.9 Å². The van der Waals surface area contributed by atoms with Gasteiger partial charge in [-0.15, -0.1) is 0 Å². The third-order valence-electron chi connectivity index (χ3n) is 5.02. The second-order valence-corrected chi connectivity index (χ2v) is 7.83. The van der Waals surface area contributed by atoms with Crippen LogP contribution in [-0.2, 0) is 9.68 Å². The van der Waals surface area contributed by atoms with Gasteiger partial charge in [0.15, 0.2) is 0 Å². The van der Waals surface area contributed by atoms with Crippen LogP contribution in [0.3, 0.4) is 0 Å². The zero-order valence-electron chi connectivity index (χ0n) is 18.7. The Balaban J connectivity index is 3.37. The fourth-order valence-corrected chi connectivity index (χ4v) is 3.24. The molecule has 0 radical (unpaired) electrons. The molecular formula is C23H49NO4. The third kappa shape index (κ3) is 22.1. The van der Waals surface area contributed by atoms with Gasteiger partial charge in [0, 0.05) is 13.2 Å². The van der Waals surface area contributed by atoms with Gasteiger partial charge in [-0.2, -0.15) is 0 Å². The number of hydrogen-bond donors (Lipinski definition) is 2. The largest absolute Gasteiger partial charge is 0.396 e. The maximum absolute atomic E-state index is 8.84. The number of nitrogens with zero attached hydrogens (tertiary/aromatic N) is 1. The summed E-state index contributed by atoms with van der Waals surface area (Å²) < 4.78 is 0. The number of hydrogen-bond acceptors (Lipinski definition) is 5. The SMILES string of the molecule is CCCCCCCCCCCCCCCCCN(OCCCO)OCCCO. The molecule has 0 aromatic heterocycles. The zero-order chi connectivity index (χ0) is 20.5. The summed E-state index contributed by atoms with van der Waals surface area (Å²) in [5.41, 5.74) is 0. The van der Waals surface area contributed by atoms with Crippen LogP contribution in [0.25, 0.3) is 0 Å². The van der Waals surface area contributed by atoms with E-state index < -0.39 is 0 Å². The van der Waals surface area contributed by atoms with Crippen LogP contribution >= 0.6 is 0 Å². The number of hydroxylamine groups is 2. The van der Waals surface area contributed by atoms with Crippen LogP contribution in [-0.4, -0.2) is 48.4 Å². The second-order valence-electron chi connectivity index (χ2n) is 7.83. The Morgan fingerprint density at radius 3 is 1.21 bits per heavy atom. The molecule has 0 fully saturated rings. The number of aliphatic hydroxyl groups excluding tert-OH is 2. The van der Waals surface area contributed by atoms with Crippen LogP contribution < -0.4 is 0 Å². The lowest BCUT2D eigenvalue weighted by Gasteiger charge is -2.20. The first-order valence-corrected chi connectivity index (χ1v) is 12.1. The van der Waals surface area contributed by atoms with Gasteiger partial charge < -0.3 is 10.2 Å². The summed E-state index contributed by atoms with van der Waals surface area (Å²) in [6, 6.07) is 0. The molecule has 5 heteroatoms. The summed E-state index contributed by atoms with van der Waals surface area (Å²) >= 11 is 0. The quantitative estimate of drug-likeness (QED) is 0.158. The van der Waals surface area contributed by atoms with E-state index >= 15 is 0 Å². The highest BCUT2D eigenvalue weighted by molar-refractivity contribution is 4.50. The van der Waals surface area contributed by atoms with Crippen molar-refractivity contribution in [3.05, 3.63) is 0 Å². The van der Waals surface area contributed by atoms with Gasteiger partial charge in [0.2, 0.25) is 0 Å².